The highest BCUT2D eigenvalue weighted by Gasteiger charge is 2.27. The zero-order valence-corrected chi connectivity index (χ0v) is 19.8. The van der Waals surface area contributed by atoms with Crippen molar-refractivity contribution < 1.29 is 14.7 Å². The molecule has 0 aromatic carbocycles. The largest absolute Gasteiger partial charge is 0.465 e. The summed E-state index contributed by atoms with van der Waals surface area (Å²) < 4.78 is 0. The third kappa shape index (κ3) is 5.30. The number of carboxylic acid groups (broad SMARTS) is 1. The fraction of sp³-hybridized carbons (Fsp3) is 0.458. The van der Waals surface area contributed by atoms with Gasteiger partial charge in [0, 0.05) is 34.1 Å². The van der Waals surface area contributed by atoms with E-state index in [0.29, 0.717) is 17.0 Å². The van der Waals surface area contributed by atoms with Crippen molar-refractivity contribution in [2.75, 3.05) is 0 Å². The molecular weight excluding hydrogens is 426 g/mol. The lowest BCUT2D eigenvalue weighted by Gasteiger charge is -2.30. The summed E-state index contributed by atoms with van der Waals surface area (Å²) in [5.41, 5.74) is 4.86. The van der Waals surface area contributed by atoms with Crippen molar-refractivity contribution in [2.45, 2.75) is 66.0 Å². The van der Waals surface area contributed by atoms with Crippen LogP contribution in [0.5, 0.6) is 0 Å². The molecule has 1 fully saturated rings. The predicted molar refractivity (Wildman–Crippen MR) is 127 cm³/mol. The predicted octanol–water partition coefficient (Wildman–Crippen LogP) is 4.52. The van der Waals surface area contributed by atoms with Crippen LogP contribution in [0.2, 0.25) is 0 Å². The van der Waals surface area contributed by atoms with Gasteiger partial charge in [-0.25, -0.2) is 4.79 Å². The van der Waals surface area contributed by atoms with Crippen molar-refractivity contribution in [1.82, 2.24) is 15.6 Å². The molecule has 2 amide bonds. The third-order valence-electron chi connectivity index (χ3n) is 6.27. The number of nitrogens with one attached hydrogen (secondary N) is 3. The normalized spacial score (nSPS) is 18.9. The third-order valence-corrected chi connectivity index (χ3v) is 7.40. The van der Waals surface area contributed by atoms with Crippen molar-refractivity contribution in [3.63, 3.8) is 0 Å². The molecule has 2 heterocycles. The molecule has 0 unspecified atom stereocenters. The van der Waals surface area contributed by atoms with Crippen LogP contribution in [-0.2, 0) is 6.54 Å². The van der Waals surface area contributed by atoms with Crippen LogP contribution in [0.3, 0.4) is 0 Å². The number of thiophene rings is 1. The highest BCUT2D eigenvalue weighted by Crippen LogP contribution is 2.40. The topological polar surface area (TPSA) is 111 Å². The molecule has 0 spiro atoms. The van der Waals surface area contributed by atoms with E-state index in [-0.39, 0.29) is 24.1 Å². The number of aryl methyl sites for hydroxylation is 2. The SMILES string of the molecule is C/C=C(/c1scc(C(=O)NCc2c(C)cc(C)[nH]c2=O)c1C)[C@H]1CC[C@H](NC(=O)O)CC1. The quantitative estimate of drug-likeness (QED) is 0.511. The number of allylic oxidation sites excluding steroid dienone is 2. The number of carbonyl (C=O) groups is 2. The first-order valence-corrected chi connectivity index (χ1v) is 11.8. The maximum atomic E-state index is 12.9. The van der Waals surface area contributed by atoms with E-state index in [1.54, 1.807) is 11.3 Å². The summed E-state index contributed by atoms with van der Waals surface area (Å²) >= 11 is 1.57. The minimum atomic E-state index is -0.965. The molecule has 172 valence electrons. The Kier molecular flexibility index (Phi) is 7.56. The summed E-state index contributed by atoms with van der Waals surface area (Å²) in [7, 11) is 0. The van der Waals surface area contributed by atoms with E-state index in [1.165, 1.54) is 5.57 Å². The van der Waals surface area contributed by atoms with Crippen LogP contribution in [0, 0.1) is 26.7 Å². The second kappa shape index (κ2) is 10.2. The molecule has 3 rings (SSSR count). The zero-order chi connectivity index (χ0) is 23.4. The van der Waals surface area contributed by atoms with Gasteiger partial charge in [-0.05, 0) is 82.1 Å². The minimum Gasteiger partial charge on any atom is -0.465 e. The van der Waals surface area contributed by atoms with Gasteiger partial charge in [-0.2, -0.15) is 0 Å². The molecule has 0 radical (unpaired) electrons. The van der Waals surface area contributed by atoms with Gasteiger partial charge in [0.25, 0.3) is 11.5 Å². The molecule has 0 atom stereocenters. The number of carbonyl (C=O) groups excluding carboxylic acids is 1. The van der Waals surface area contributed by atoms with E-state index in [1.807, 2.05) is 39.1 Å². The lowest BCUT2D eigenvalue weighted by molar-refractivity contribution is 0.0950. The lowest BCUT2D eigenvalue weighted by atomic mass is 9.80. The van der Waals surface area contributed by atoms with Crippen LogP contribution in [0.1, 0.15) is 70.2 Å². The molecule has 1 saturated carbocycles. The van der Waals surface area contributed by atoms with E-state index in [9.17, 15) is 14.4 Å². The van der Waals surface area contributed by atoms with Crippen LogP contribution in [-0.4, -0.2) is 28.1 Å². The summed E-state index contributed by atoms with van der Waals surface area (Å²) in [6.45, 7) is 7.87. The van der Waals surface area contributed by atoms with Crippen molar-refractivity contribution in [3.8, 4) is 0 Å². The van der Waals surface area contributed by atoms with E-state index >= 15 is 0 Å². The number of hydrogen-bond donors (Lipinski definition) is 4. The number of H-pyrrole nitrogens is 1. The number of hydrogen-bond acceptors (Lipinski definition) is 4. The monoisotopic (exact) mass is 457 g/mol. The summed E-state index contributed by atoms with van der Waals surface area (Å²) in [6.07, 6.45) is 4.61. The summed E-state index contributed by atoms with van der Waals surface area (Å²) in [5, 5.41) is 16.3. The fourth-order valence-corrected chi connectivity index (χ4v) is 5.79. The Morgan fingerprint density at radius 3 is 2.50 bits per heavy atom. The van der Waals surface area contributed by atoms with Crippen LogP contribution in [0.25, 0.3) is 5.57 Å². The fourth-order valence-electron chi connectivity index (χ4n) is 4.57. The van der Waals surface area contributed by atoms with Crippen molar-refractivity contribution >= 4 is 28.9 Å². The smallest absolute Gasteiger partial charge is 0.404 e. The van der Waals surface area contributed by atoms with Gasteiger partial charge in [0.1, 0.15) is 0 Å². The maximum Gasteiger partial charge on any atom is 0.404 e. The van der Waals surface area contributed by atoms with Crippen LogP contribution < -0.4 is 16.2 Å². The van der Waals surface area contributed by atoms with E-state index < -0.39 is 6.09 Å². The maximum absolute atomic E-state index is 12.9. The van der Waals surface area contributed by atoms with Gasteiger partial charge >= 0.3 is 6.09 Å². The van der Waals surface area contributed by atoms with Gasteiger partial charge in [0.15, 0.2) is 0 Å². The van der Waals surface area contributed by atoms with Gasteiger partial charge < -0.3 is 20.7 Å². The number of aromatic nitrogens is 1. The van der Waals surface area contributed by atoms with Crippen molar-refractivity contribution in [3.05, 3.63) is 60.7 Å². The Morgan fingerprint density at radius 1 is 1.22 bits per heavy atom. The van der Waals surface area contributed by atoms with Crippen LogP contribution in [0.4, 0.5) is 4.79 Å². The molecule has 4 N–H and O–H groups in total. The van der Waals surface area contributed by atoms with Gasteiger partial charge in [-0.1, -0.05) is 6.08 Å². The summed E-state index contributed by atoms with van der Waals surface area (Å²) in [5.74, 6) is 0.170. The van der Waals surface area contributed by atoms with Gasteiger partial charge in [0.2, 0.25) is 0 Å². The highest BCUT2D eigenvalue weighted by atomic mass is 32.1. The van der Waals surface area contributed by atoms with Gasteiger partial charge in [-0.15, -0.1) is 11.3 Å². The molecular formula is C24H31N3O4S. The van der Waals surface area contributed by atoms with E-state index in [4.69, 9.17) is 5.11 Å². The number of pyridine rings is 1. The summed E-state index contributed by atoms with van der Waals surface area (Å²) in [4.78, 5) is 39.9. The molecule has 0 bridgehead atoms. The first-order chi connectivity index (χ1) is 15.2. The number of amides is 2. The molecule has 0 saturated heterocycles. The molecule has 7 nitrogen and oxygen atoms in total. The van der Waals surface area contributed by atoms with Gasteiger partial charge in [0.05, 0.1) is 5.56 Å². The van der Waals surface area contributed by atoms with E-state index in [0.717, 1.165) is 47.4 Å². The Hall–Kier alpha value is -2.87. The molecule has 8 heteroatoms. The Labute approximate surface area is 192 Å². The molecule has 0 aliphatic heterocycles. The average Bonchev–Trinajstić information content (AvgIpc) is 3.10. The van der Waals surface area contributed by atoms with Gasteiger partial charge in [-0.3, -0.25) is 9.59 Å². The Bertz CT molecular complexity index is 1090. The standard InChI is InChI=1S/C24H31N3O4S/c1-5-18(16-6-8-17(9-7-16)27-24(30)31)21-15(4)20(12-32-21)22(28)25-11-19-13(2)10-14(3)26-23(19)29/h5,10,12,16-17,27H,6-9,11H2,1-4H3,(H,25,28)(H,26,29)(H,30,31)/b18-5+/t16-,17-. The second-order valence-electron chi connectivity index (χ2n) is 8.47. The zero-order valence-electron chi connectivity index (χ0n) is 19.0. The molecule has 32 heavy (non-hydrogen) atoms. The summed E-state index contributed by atoms with van der Waals surface area (Å²) in [6, 6.07) is 1.91. The van der Waals surface area contributed by atoms with Crippen molar-refractivity contribution in [2.24, 2.45) is 5.92 Å². The number of aromatic amines is 1. The first kappa shape index (κ1) is 23.8. The molecule has 1 aliphatic carbocycles. The van der Waals surface area contributed by atoms with Crippen molar-refractivity contribution in [1.29, 1.82) is 0 Å². The highest BCUT2D eigenvalue weighted by molar-refractivity contribution is 7.11. The van der Waals surface area contributed by atoms with Crippen LogP contribution >= 0.6 is 11.3 Å². The van der Waals surface area contributed by atoms with Crippen LogP contribution in [0.15, 0.2) is 22.3 Å². The van der Waals surface area contributed by atoms with E-state index in [2.05, 4.69) is 21.7 Å². The average molecular weight is 458 g/mol. The second-order valence-corrected chi connectivity index (χ2v) is 9.35. The first-order valence-electron chi connectivity index (χ1n) is 10.9. The lowest BCUT2D eigenvalue weighted by Crippen LogP contribution is -2.36. The Morgan fingerprint density at radius 2 is 1.91 bits per heavy atom. The minimum absolute atomic E-state index is 0.0148. The molecule has 2 aromatic heterocycles. The molecule has 1 aliphatic rings. The number of rotatable bonds is 6. The Balaban J connectivity index is 1.69. The molecule has 2 aromatic rings.